The number of nitrogens with one attached hydrogen (secondary N) is 2. The number of rotatable bonds is 4. The molecule has 0 heterocycles. The van der Waals surface area contributed by atoms with Gasteiger partial charge in [-0.25, -0.2) is 9.59 Å². The van der Waals surface area contributed by atoms with E-state index in [-0.39, 0.29) is 6.04 Å². The zero-order chi connectivity index (χ0) is 15.3. The Kier molecular flexibility index (Phi) is 4.62. The van der Waals surface area contributed by atoms with Gasteiger partial charge in [0.1, 0.15) is 0 Å². The molecule has 0 radical (unpaired) electrons. The first-order valence-corrected chi connectivity index (χ1v) is 7.05. The Morgan fingerprint density at radius 2 is 1.95 bits per heavy atom. The Balaban J connectivity index is 2.07. The summed E-state index contributed by atoms with van der Waals surface area (Å²) in [6.45, 7) is 1.49. The van der Waals surface area contributed by atoms with Gasteiger partial charge in [0.25, 0.3) is 0 Å². The minimum absolute atomic E-state index is 0.0591. The summed E-state index contributed by atoms with van der Waals surface area (Å²) in [5.74, 6) is -1.09. The molecule has 2 rings (SSSR count). The van der Waals surface area contributed by atoms with Gasteiger partial charge in [-0.1, -0.05) is 42.5 Å². The summed E-state index contributed by atoms with van der Waals surface area (Å²) in [6.07, 6.45) is 6.70. The molecule has 0 spiro atoms. The zero-order valence-electron chi connectivity index (χ0n) is 12.0. The summed E-state index contributed by atoms with van der Waals surface area (Å²) >= 11 is 0. The highest BCUT2D eigenvalue weighted by atomic mass is 16.4. The molecule has 0 aromatic heterocycles. The summed E-state index contributed by atoms with van der Waals surface area (Å²) < 4.78 is 0. The van der Waals surface area contributed by atoms with Crippen molar-refractivity contribution in [2.24, 2.45) is 0 Å². The molecule has 1 aromatic rings. The molecule has 3 N–H and O–H groups in total. The van der Waals surface area contributed by atoms with Gasteiger partial charge in [0.05, 0.1) is 0 Å². The molecule has 0 aliphatic heterocycles. The fourth-order valence-corrected chi connectivity index (χ4v) is 2.39. The van der Waals surface area contributed by atoms with Gasteiger partial charge in [0.2, 0.25) is 0 Å². The molecule has 1 aliphatic carbocycles. The highest BCUT2D eigenvalue weighted by Crippen LogP contribution is 2.21. The van der Waals surface area contributed by atoms with Crippen LogP contribution in [-0.2, 0) is 10.3 Å². The number of hydrogen-bond donors (Lipinski definition) is 3. The van der Waals surface area contributed by atoms with Crippen LogP contribution in [0.1, 0.15) is 31.7 Å². The van der Waals surface area contributed by atoms with E-state index >= 15 is 0 Å². The van der Waals surface area contributed by atoms with Gasteiger partial charge in [-0.05, 0) is 31.7 Å². The third kappa shape index (κ3) is 3.62. The summed E-state index contributed by atoms with van der Waals surface area (Å²) in [7, 11) is 0. The Hall–Kier alpha value is -2.30. The van der Waals surface area contributed by atoms with E-state index in [0.717, 1.165) is 19.3 Å². The van der Waals surface area contributed by atoms with Crippen LogP contribution in [0.25, 0.3) is 0 Å². The molecule has 5 heteroatoms. The third-order valence-electron chi connectivity index (χ3n) is 3.75. The Morgan fingerprint density at radius 1 is 1.24 bits per heavy atom. The SMILES string of the molecule is CC(NC(=O)NC1CC=CCC1)(C(=O)O)c1ccccc1. The molecule has 1 aliphatic rings. The molecule has 0 bridgehead atoms. The van der Waals surface area contributed by atoms with Crippen LogP contribution in [0.2, 0.25) is 0 Å². The molecule has 2 atom stereocenters. The fourth-order valence-electron chi connectivity index (χ4n) is 2.39. The van der Waals surface area contributed by atoms with Crippen molar-refractivity contribution < 1.29 is 14.7 Å². The van der Waals surface area contributed by atoms with E-state index in [1.807, 2.05) is 6.08 Å². The molecule has 1 aromatic carbocycles. The largest absolute Gasteiger partial charge is 0.479 e. The van der Waals surface area contributed by atoms with Crippen molar-refractivity contribution in [3.63, 3.8) is 0 Å². The van der Waals surface area contributed by atoms with Gasteiger partial charge < -0.3 is 15.7 Å². The Labute approximate surface area is 124 Å². The molecule has 2 unspecified atom stereocenters. The van der Waals surface area contributed by atoms with E-state index in [4.69, 9.17) is 0 Å². The van der Waals surface area contributed by atoms with Crippen LogP contribution >= 0.6 is 0 Å². The van der Waals surface area contributed by atoms with E-state index in [0.29, 0.717) is 5.56 Å². The van der Waals surface area contributed by atoms with Crippen LogP contribution in [0.15, 0.2) is 42.5 Å². The van der Waals surface area contributed by atoms with E-state index in [2.05, 4.69) is 16.7 Å². The molecule has 0 fully saturated rings. The number of carbonyl (C=O) groups is 2. The highest BCUT2D eigenvalue weighted by molar-refractivity contribution is 5.87. The van der Waals surface area contributed by atoms with Crippen molar-refractivity contribution in [3.05, 3.63) is 48.0 Å². The number of urea groups is 1. The molecule has 2 amide bonds. The third-order valence-corrected chi connectivity index (χ3v) is 3.75. The van der Waals surface area contributed by atoms with E-state index in [9.17, 15) is 14.7 Å². The second kappa shape index (κ2) is 6.43. The predicted octanol–water partition coefficient (Wildman–Crippen LogP) is 2.39. The molecule has 5 nitrogen and oxygen atoms in total. The number of benzene rings is 1. The first-order chi connectivity index (χ1) is 10.0. The Bertz CT molecular complexity index is 542. The van der Waals surface area contributed by atoms with E-state index in [1.54, 1.807) is 30.3 Å². The minimum atomic E-state index is -1.45. The highest BCUT2D eigenvalue weighted by Gasteiger charge is 2.37. The smallest absolute Gasteiger partial charge is 0.333 e. The lowest BCUT2D eigenvalue weighted by Gasteiger charge is -2.28. The lowest BCUT2D eigenvalue weighted by molar-refractivity contribution is -0.144. The summed E-state index contributed by atoms with van der Waals surface area (Å²) in [4.78, 5) is 23.7. The van der Waals surface area contributed by atoms with Crippen molar-refractivity contribution in [2.75, 3.05) is 0 Å². The molecular formula is C16H20N2O3. The second-order valence-corrected chi connectivity index (χ2v) is 5.38. The van der Waals surface area contributed by atoms with Crippen LogP contribution < -0.4 is 10.6 Å². The van der Waals surface area contributed by atoms with Crippen molar-refractivity contribution >= 4 is 12.0 Å². The number of aliphatic carboxylic acids is 1. The summed E-state index contributed by atoms with van der Waals surface area (Å²) in [5, 5.41) is 14.9. The molecule has 0 saturated carbocycles. The van der Waals surface area contributed by atoms with E-state index in [1.165, 1.54) is 6.92 Å². The second-order valence-electron chi connectivity index (χ2n) is 5.38. The van der Waals surface area contributed by atoms with Gasteiger partial charge in [-0.15, -0.1) is 0 Å². The monoisotopic (exact) mass is 288 g/mol. The van der Waals surface area contributed by atoms with Gasteiger partial charge >= 0.3 is 12.0 Å². The predicted molar refractivity (Wildman–Crippen MR) is 79.9 cm³/mol. The zero-order valence-corrected chi connectivity index (χ0v) is 12.0. The molecule has 0 saturated heterocycles. The van der Waals surface area contributed by atoms with Crippen LogP contribution in [0.5, 0.6) is 0 Å². The normalized spacial score (nSPS) is 20.3. The number of amides is 2. The van der Waals surface area contributed by atoms with Crippen molar-refractivity contribution in [1.29, 1.82) is 0 Å². The van der Waals surface area contributed by atoms with Gasteiger partial charge in [0, 0.05) is 6.04 Å². The Morgan fingerprint density at radius 3 is 2.52 bits per heavy atom. The van der Waals surface area contributed by atoms with Gasteiger partial charge in [-0.2, -0.15) is 0 Å². The van der Waals surface area contributed by atoms with Crippen molar-refractivity contribution in [2.45, 2.75) is 37.8 Å². The average molecular weight is 288 g/mol. The standard InChI is InChI=1S/C16H20N2O3/c1-16(14(19)20,12-8-4-2-5-9-12)18-15(21)17-13-10-6-3-7-11-13/h2-6,8-9,13H,7,10-11H2,1H3,(H,19,20)(H2,17,18,21). The van der Waals surface area contributed by atoms with E-state index < -0.39 is 17.5 Å². The van der Waals surface area contributed by atoms with Crippen LogP contribution in [0.4, 0.5) is 4.79 Å². The first-order valence-electron chi connectivity index (χ1n) is 7.05. The van der Waals surface area contributed by atoms with Gasteiger partial charge in [-0.3, -0.25) is 0 Å². The maximum atomic E-state index is 12.1. The van der Waals surface area contributed by atoms with Crippen molar-refractivity contribution in [1.82, 2.24) is 10.6 Å². The number of carboxylic acids is 1. The quantitative estimate of drug-likeness (QED) is 0.744. The lowest BCUT2D eigenvalue weighted by atomic mass is 9.92. The maximum absolute atomic E-state index is 12.1. The maximum Gasteiger partial charge on any atom is 0.333 e. The summed E-state index contributed by atoms with van der Waals surface area (Å²) in [6, 6.07) is 8.30. The first kappa shape index (κ1) is 15.1. The number of carboxylic acid groups (broad SMARTS) is 1. The lowest BCUT2D eigenvalue weighted by Crippen LogP contribution is -2.54. The molecule has 112 valence electrons. The average Bonchev–Trinajstić information content (AvgIpc) is 2.48. The molecular weight excluding hydrogens is 268 g/mol. The number of allylic oxidation sites excluding steroid dienone is 1. The van der Waals surface area contributed by atoms with Crippen molar-refractivity contribution in [3.8, 4) is 0 Å². The molecule has 21 heavy (non-hydrogen) atoms. The van der Waals surface area contributed by atoms with Crippen LogP contribution in [0, 0.1) is 0 Å². The minimum Gasteiger partial charge on any atom is -0.479 e. The van der Waals surface area contributed by atoms with Gasteiger partial charge in [0.15, 0.2) is 5.54 Å². The van der Waals surface area contributed by atoms with Crippen LogP contribution in [0.3, 0.4) is 0 Å². The van der Waals surface area contributed by atoms with Crippen LogP contribution in [-0.4, -0.2) is 23.1 Å². The number of carbonyl (C=O) groups excluding carboxylic acids is 1. The summed E-state index contributed by atoms with van der Waals surface area (Å²) in [5.41, 5.74) is -0.910. The number of hydrogen-bond acceptors (Lipinski definition) is 2. The fraction of sp³-hybridized carbons (Fsp3) is 0.375. The topological polar surface area (TPSA) is 78.4 Å².